The second-order valence-electron chi connectivity index (χ2n) is 24.9. The van der Waals surface area contributed by atoms with Gasteiger partial charge >= 0.3 is 11.9 Å². The molecule has 18 rings (SSSR count). The van der Waals surface area contributed by atoms with Crippen LogP contribution in [0, 0.1) is 0 Å². The molecule has 0 unspecified atom stereocenters. The average molecular weight is 1290 g/mol. The Morgan fingerprint density at radius 3 is 1.22 bits per heavy atom. The number of ether oxygens (including phenoxy) is 2. The maximum atomic E-state index is 13.8. The Hall–Kier alpha value is -13.5. The van der Waals surface area contributed by atoms with Crippen LogP contribution in [0.4, 0.5) is 34.1 Å². The molecule has 0 bridgehead atoms. The fourth-order valence-corrected chi connectivity index (χ4v) is 14.5. The molecule has 2 aromatic heterocycles. The summed E-state index contributed by atoms with van der Waals surface area (Å²) < 4.78 is 14.6. The van der Waals surface area contributed by atoms with E-state index in [4.69, 9.17) is 24.4 Å². The lowest BCUT2D eigenvalue weighted by Gasteiger charge is -2.45. The Bertz CT molecular complexity index is 5680. The first kappa shape index (κ1) is 59.0. The smallest absolute Gasteiger partial charge is 0.343 e. The summed E-state index contributed by atoms with van der Waals surface area (Å²) in [6.45, 7) is -0.0533. The molecule has 11 heteroatoms. The summed E-state index contributed by atoms with van der Waals surface area (Å²) in [6.07, 6.45) is 0. The van der Waals surface area contributed by atoms with E-state index in [0.29, 0.717) is 40.1 Å². The van der Waals surface area contributed by atoms with Crippen LogP contribution in [0.1, 0.15) is 20.7 Å². The molecule has 0 saturated heterocycles. The fraction of sp³-hybridized carbons (Fsp3) is 0. The van der Waals surface area contributed by atoms with Crippen molar-refractivity contribution in [3.05, 3.63) is 357 Å². The standard InChI is InChI=1S/C89H57BN6O4/c97-88(60-30-11-3-12-31-60)99-68-48-51-77-73(56-68)74-57-69(100-89(98)61-32-13-4-14-33-61)49-52-78(74)96(77)83-70(42-25-43-72(83)87-92-85(58-26-7-1-8-27-58)91-86(93-87)59-28-9-2-10-29-59)64-36-23-34-62(54-64)63-35-24-37-65(55-63)71-50-53-81-82-84(71)95(67-40-17-6-18-41-67)80-47-22-20-45-76(80)90(82)75-44-19-21-46-79(75)94(81)66-38-15-5-16-39-66/h1-57H. The number of anilines is 6. The zero-order valence-electron chi connectivity index (χ0n) is 53.8. The van der Waals surface area contributed by atoms with E-state index >= 15 is 0 Å². The molecule has 0 saturated carbocycles. The third-order valence-corrected chi connectivity index (χ3v) is 19.0. The van der Waals surface area contributed by atoms with Crippen molar-refractivity contribution in [1.82, 2.24) is 19.5 Å². The Morgan fingerprint density at radius 2 is 0.700 bits per heavy atom. The second kappa shape index (κ2) is 24.9. The molecule has 14 aromatic carbocycles. The summed E-state index contributed by atoms with van der Waals surface area (Å²) >= 11 is 0. The number of carbonyl (C=O) groups is 2. The van der Waals surface area contributed by atoms with Crippen LogP contribution in [0.15, 0.2) is 346 Å². The Balaban J connectivity index is 0.839. The molecule has 4 heterocycles. The van der Waals surface area contributed by atoms with E-state index in [2.05, 4.69) is 202 Å². The molecule has 16 aromatic rings. The molecular formula is C89H57BN6O4. The normalized spacial score (nSPS) is 12.0. The van der Waals surface area contributed by atoms with Gasteiger partial charge in [-0.15, -0.1) is 0 Å². The number of nitrogens with zero attached hydrogens (tertiary/aromatic N) is 6. The van der Waals surface area contributed by atoms with Crippen LogP contribution in [-0.4, -0.2) is 38.2 Å². The van der Waals surface area contributed by atoms with Crippen molar-refractivity contribution in [2.24, 2.45) is 0 Å². The van der Waals surface area contributed by atoms with Gasteiger partial charge in [-0.3, -0.25) is 0 Å². The van der Waals surface area contributed by atoms with Gasteiger partial charge in [-0.1, -0.05) is 224 Å². The minimum Gasteiger partial charge on any atom is -0.423 e. The monoisotopic (exact) mass is 1280 g/mol. The van der Waals surface area contributed by atoms with Crippen LogP contribution in [0.5, 0.6) is 11.5 Å². The van der Waals surface area contributed by atoms with E-state index in [1.807, 2.05) is 133 Å². The number of esters is 2. The van der Waals surface area contributed by atoms with Crippen molar-refractivity contribution in [3.63, 3.8) is 0 Å². The molecule has 2 aliphatic rings. The third-order valence-electron chi connectivity index (χ3n) is 19.0. The maximum absolute atomic E-state index is 13.8. The van der Waals surface area contributed by atoms with Crippen molar-refractivity contribution in [2.45, 2.75) is 0 Å². The lowest BCUT2D eigenvalue weighted by atomic mass is 9.33. The molecule has 0 fully saturated rings. The average Bonchev–Trinajstić information content (AvgIpc) is 1.08. The van der Waals surface area contributed by atoms with E-state index in [0.717, 1.165) is 112 Å². The molecule has 0 radical (unpaired) electrons. The molecule has 0 aliphatic carbocycles. The van der Waals surface area contributed by atoms with Crippen LogP contribution in [0.3, 0.4) is 0 Å². The van der Waals surface area contributed by atoms with Gasteiger partial charge in [-0.05, 0) is 160 Å². The van der Waals surface area contributed by atoms with Crippen molar-refractivity contribution in [1.29, 1.82) is 0 Å². The Kier molecular flexibility index (Phi) is 14.7. The number of aromatic nitrogens is 4. The van der Waals surface area contributed by atoms with Gasteiger partial charge in [0.25, 0.3) is 6.71 Å². The van der Waals surface area contributed by atoms with E-state index < -0.39 is 11.9 Å². The van der Waals surface area contributed by atoms with Gasteiger partial charge in [0.05, 0.1) is 33.5 Å². The van der Waals surface area contributed by atoms with Crippen LogP contribution < -0.4 is 35.7 Å². The Morgan fingerprint density at radius 1 is 0.300 bits per heavy atom. The summed E-state index contributed by atoms with van der Waals surface area (Å²) in [7, 11) is 0. The molecule has 470 valence electrons. The largest absolute Gasteiger partial charge is 0.423 e. The highest BCUT2D eigenvalue weighted by molar-refractivity contribution is 7.00. The van der Waals surface area contributed by atoms with Gasteiger partial charge in [0.15, 0.2) is 17.5 Å². The summed E-state index contributed by atoms with van der Waals surface area (Å²) in [5.41, 5.74) is 22.0. The zero-order valence-corrected chi connectivity index (χ0v) is 53.8. The van der Waals surface area contributed by atoms with Crippen molar-refractivity contribution in [3.8, 4) is 84.7 Å². The summed E-state index contributed by atoms with van der Waals surface area (Å²) in [4.78, 5) is 48.4. The van der Waals surface area contributed by atoms with Crippen molar-refractivity contribution in [2.75, 3.05) is 9.80 Å². The number of carbonyl (C=O) groups excluding carboxylic acids is 2. The number of rotatable bonds is 13. The van der Waals surface area contributed by atoms with Crippen LogP contribution in [0.2, 0.25) is 0 Å². The molecule has 10 nitrogen and oxygen atoms in total. The molecule has 0 N–H and O–H groups in total. The lowest BCUT2D eigenvalue weighted by Crippen LogP contribution is -2.61. The van der Waals surface area contributed by atoms with Gasteiger partial charge < -0.3 is 23.8 Å². The molecule has 100 heavy (non-hydrogen) atoms. The third kappa shape index (κ3) is 10.4. The zero-order chi connectivity index (χ0) is 66.6. The number of benzene rings is 14. The number of hydrogen-bond acceptors (Lipinski definition) is 9. The first-order valence-corrected chi connectivity index (χ1v) is 33.3. The number of para-hydroxylation sites is 5. The summed E-state index contributed by atoms with van der Waals surface area (Å²) in [5.74, 6) is 1.16. The fourth-order valence-electron chi connectivity index (χ4n) is 14.5. The number of hydrogen-bond donors (Lipinski definition) is 0. The van der Waals surface area contributed by atoms with Gasteiger partial charge in [0, 0.05) is 67.0 Å². The van der Waals surface area contributed by atoms with E-state index in [1.165, 1.54) is 16.4 Å². The molecule has 0 atom stereocenters. The first-order chi connectivity index (χ1) is 49.4. The highest BCUT2D eigenvalue weighted by Gasteiger charge is 2.44. The topological polar surface area (TPSA) is 103 Å². The Labute approximate surface area is 577 Å². The van der Waals surface area contributed by atoms with E-state index in [9.17, 15) is 9.59 Å². The number of fused-ring (bicyclic) bond motifs is 7. The second-order valence-corrected chi connectivity index (χ2v) is 24.9. The van der Waals surface area contributed by atoms with Crippen molar-refractivity contribution < 1.29 is 19.1 Å². The molecule has 2 aliphatic heterocycles. The highest BCUT2D eigenvalue weighted by atomic mass is 16.5. The lowest BCUT2D eigenvalue weighted by molar-refractivity contribution is 0.0725. The van der Waals surface area contributed by atoms with E-state index in [1.54, 1.807) is 24.3 Å². The molecular weight excluding hydrogens is 1230 g/mol. The minimum absolute atomic E-state index is 0.0533. The van der Waals surface area contributed by atoms with Crippen LogP contribution >= 0.6 is 0 Å². The van der Waals surface area contributed by atoms with Gasteiger partial charge in [-0.2, -0.15) is 0 Å². The van der Waals surface area contributed by atoms with Gasteiger partial charge in [0.1, 0.15) is 11.5 Å². The van der Waals surface area contributed by atoms with Crippen LogP contribution in [-0.2, 0) is 0 Å². The quantitative estimate of drug-likeness (QED) is 0.0634. The summed E-state index contributed by atoms with van der Waals surface area (Å²) in [6, 6.07) is 117. The predicted octanol–water partition coefficient (Wildman–Crippen LogP) is 19.5. The predicted molar refractivity (Wildman–Crippen MR) is 404 cm³/mol. The minimum atomic E-state index is -0.496. The SMILES string of the molecule is O=C(Oc1ccc2c(c1)c1cc(OC(=O)c3ccccc3)ccc1n2-c1c(-c2cccc(-c3cccc(-c4ccc5c6c4N(c4ccccc4)c4ccccc4B6c4ccccc4N5c4ccccc4)c3)c2)cccc1-c1nc(-c2ccccc2)nc(-c2ccccc2)n1)c1ccccc1. The highest BCUT2D eigenvalue weighted by Crippen LogP contribution is 2.49. The van der Waals surface area contributed by atoms with E-state index in [-0.39, 0.29) is 6.71 Å². The first-order valence-electron chi connectivity index (χ1n) is 33.3. The van der Waals surface area contributed by atoms with Crippen LogP contribution in [0.25, 0.3) is 95.0 Å². The van der Waals surface area contributed by atoms with Gasteiger partial charge in [0.2, 0.25) is 0 Å². The summed E-state index contributed by atoms with van der Waals surface area (Å²) in [5, 5.41) is 1.48. The van der Waals surface area contributed by atoms with Gasteiger partial charge in [-0.25, -0.2) is 24.5 Å². The molecule has 0 amide bonds. The van der Waals surface area contributed by atoms with Crippen molar-refractivity contribution >= 4 is 91.0 Å². The maximum Gasteiger partial charge on any atom is 0.343 e. The molecule has 0 spiro atoms.